The number of urea groups is 1. The number of ether oxygens (including phenoxy) is 1. The highest BCUT2D eigenvalue weighted by atomic mass is 35.5. The van der Waals surface area contributed by atoms with Crippen LogP contribution in [0.1, 0.15) is 35.8 Å². The second-order valence-corrected chi connectivity index (χ2v) is 7.14. The van der Waals surface area contributed by atoms with Crippen molar-refractivity contribution >= 4 is 29.3 Å². The van der Waals surface area contributed by atoms with E-state index in [0.717, 1.165) is 5.56 Å². The number of carbonyl (C=O) groups is 2. The summed E-state index contributed by atoms with van der Waals surface area (Å²) in [7, 11) is 0. The first kappa shape index (κ1) is 22.8. The zero-order chi connectivity index (χ0) is 22.9. The van der Waals surface area contributed by atoms with Gasteiger partial charge in [0, 0.05) is 17.1 Å². The first-order valence-electron chi connectivity index (χ1n) is 9.77. The van der Waals surface area contributed by atoms with Crippen LogP contribution >= 0.6 is 11.6 Å². The molecule has 3 rings (SSSR count). The molecule has 0 saturated heterocycles. The molecule has 10 heteroatoms. The Morgan fingerprint density at radius 1 is 1.19 bits per heavy atom. The lowest BCUT2D eigenvalue weighted by molar-refractivity contribution is -0.142. The summed E-state index contributed by atoms with van der Waals surface area (Å²) in [5.74, 6) is -0.174. The first-order valence-corrected chi connectivity index (χ1v) is 10.1. The predicted octanol–water partition coefficient (Wildman–Crippen LogP) is 3.81. The SMILES string of the molecule is CCOC(=O)Cc1nc([C@H](Cc2ccc(Cl)cc2)NC(=O)Nc2ccc(C#N)cc2)no1. The van der Waals surface area contributed by atoms with Crippen molar-refractivity contribution in [1.82, 2.24) is 15.5 Å². The number of hydrogen-bond donors (Lipinski definition) is 2. The van der Waals surface area contributed by atoms with Gasteiger partial charge in [0.25, 0.3) is 0 Å². The van der Waals surface area contributed by atoms with Gasteiger partial charge in [-0.1, -0.05) is 28.9 Å². The van der Waals surface area contributed by atoms with E-state index >= 15 is 0 Å². The molecule has 0 bridgehead atoms. The van der Waals surface area contributed by atoms with E-state index in [9.17, 15) is 9.59 Å². The Morgan fingerprint density at radius 3 is 2.56 bits per heavy atom. The molecule has 164 valence electrons. The van der Waals surface area contributed by atoms with E-state index in [2.05, 4.69) is 20.8 Å². The van der Waals surface area contributed by atoms with Crippen LogP contribution in [0.25, 0.3) is 0 Å². The van der Waals surface area contributed by atoms with Gasteiger partial charge in [0.1, 0.15) is 6.42 Å². The molecule has 0 aliphatic rings. The third-order valence-corrected chi connectivity index (χ3v) is 4.58. The van der Waals surface area contributed by atoms with Gasteiger partial charge in [-0.05, 0) is 48.9 Å². The summed E-state index contributed by atoms with van der Waals surface area (Å²) < 4.78 is 10.1. The van der Waals surface area contributed by atoms with Gasteiger partial charge in [-0.2, -0.15) is 10.2 Å². The van der Waals surface area contributed by atoms with E-state index in [1.54, 1.807) is 43.3 Å². The Hall–Kier alpha value is -3.90. The Morgan fingerprint density at radius 2 is 1.91 bits per heavy atom. The van der Waals surface area contributed by atoms with Gasteiger partial charge in [0.2, 0.25) is 5.89 Å². The number of nitrogens with one attached hydrogen (secondary N) is 2. The minimum Gasteiger partial charge on any atom is -0.466 e. The van der Waals surface area contributed by atoms with Gasteiger partial charge in [0.05, 0.1) is 24.3 Å². The molecule has 3 aromatic rings. The highest BCUT2D eigenvalue weighted by Crippen LogP contribution is 2.19. The zero-order valence-electron chi connectivity index (χ0n) is 17.2. The summed E-state index contributed by atoms with van der Waals surface area (Å²) in [4.78, 5) is 28.5. The predicted molar refractivity (Wildman–Crippen MR) is 116 cm³/mol. The van der Waals surface area contributed by atoms with Crippen LogP contribution in [0, 0.1) is 11.3 Å². The van der Waals surface area contributed by atoms with E-state index in [-0.39, 0.29) is 24.7 Å². The van der Waals surface area contributed by atoms with Crippen molar-refractivity contribution in [3.63, 3.8) is 0 Å². The molecular formula is C22H20ClN5O4. The lowest BCUT2D eigenvalue weighted by atomic mass is 10.1. The van der Waals surface area contributed by atoms with Crippen LogP contribution in [0.3, 0.4) is 0 Å². The molecule has 0 fully saturated rings. The number of rotatable bonds is 8. The van der Waals surface area contributed by atoms with Crippen LogP contribution in [0.4, 0.5) is 10.5 Å². The quantitative estimate of drug-likeness (QED) is 0.496. The standard InChI is InChI=1S/C22H20ClN5O4/c1-2-31-20(29)12-19-27-21(28-32-19)18(11-14-3-7-16(23)8-4-14)26-22(30)25-17-9-5-15(13-24)6-10-17/h3-10,18H,2,11-12H2,1H3,(H2,25,26,30)/t18-/m0/s1. The number of carbonyl (C=O) groups excluding carboxylic acids is 2. The summed E-state index contributed by atoms with van der Waals surface area (Å²) in [6, 6.07) is 14.5. The summed E-state index contributed by atoms with van der Waals surface area (Å²) >= 11 is 5.96. The molecule has 2 N–H and O–H groups in total. The Labute approximate surface area is 189 Å². The summed E-state index contributed by atoms with van der Waals surface area (Å²) in [5, 5.41) is 18.9. The minimum atomic E-state index is -0.644. The van der Waals surface area contributed by atoms with Gasteiger partial charge < -0.3 is 19.9 Å². The maximum Gasteiger partial charge on any atom is 0.319 e. The number of anilines is 1. The van der Waals surface area contributed by atoms with Crippen molar-refractivity contribution in [2.24, 2.45) is 0 Å². The van der Waals surface area contributed by atoms with E-state index in [1.165, 1.54) is 0 Å². The number of aromatic nitrogens is 2. The minimum absolute atomic E-state index is 0.0915. The highest BCUT2D eigenvalue weighted by molar-refractivity contribution is 6.30. The van der Waals surface area contributed by atoms with Crippen LogP contribution in [-0.2, 0) is 22.4 Å². The average Bonchev–Trinajstić information content (AvgIpc) is 3.24. The van der Waals surface area contributed by atoms with Crippen LogP contribution < -0.4 is 10.6 Å². The molecule has 0 saturated carbocycles. The van der Waals surface area contributed by atoms with E-state index in [4.69, 9.17) is 26.1 Å². The van der Waals surface area contributed by atoms with Gasteiger partial charge >= 0.3 is 12.0 Å². The molecule has 9 nitrogen and oxygen atoms in total. The summed E-state index contributed by atoms with van der Waals surface area (Å²) in [6.45, 7) is 1.95. The number of benzene rings is 2. The Kier molecular flexibility index (Phi) is 7.78. The van der Waals surface area contributed by atoms with Gasteiger partial charge in [-0.25, -0.2) is 4.79 Å². The molecule has 2 aromatic carbocycles. The van der Waals surface area contributed by atoms with Crippen LogP contribution in [0.5, 0.6) is 0 Å². The maximum absolute atomic E-state index is 12.6. The molecule has 1 aromatic heterocycles. The average molecular weight is 454 g/mol. The number of esters is 1. The van der Waals surface area contributed by atoms with Crippen molar-refractivity contribution in [2.75, 3.05) is 11.9 Å². The van der Waals surface area contributed by atoms with E-state index in [0.29, 0.717) is 22.7 Å². The van der Waals surface area contributed by atoms with Crippen molar-refractivity contribution in [1.29, 1.82) is 5.26 Å². The zero-order valence-corrected chi connectivity index (χ0v) is 17.9. The van der Waals surface area contributed by atoms with Gasteiger partial charge in [-0.15, -0.1) is 0 Å². The van der Waals surface area contributed by atoms with Crippen molar-refractivity contribution in [2.45, 2.75) is 25.8 Å². The normalized spacial score (nSPS) is 11.3. The first-order chi connectivity index (χ1) is 15.5. The lowest BCUT2D eigenvalue weighted by Crippen LogP contribution is -2.34. The molecule has 1 heterocycles. The molecule has 0 unspecified atom stereocenters. The number of halogens is 1. The van der Waals surface area contributed by atoms with Gasteiger partial charge in [-0.3, -0.25) is 4.79 Å². The van der Waals surface area contributed by atoms with E-state index < -0.39 is 18.0 Å². The monoisotopic (exact) mass is 453 g/mol. The fraction of sp³-hybridized carbons (Fsp3) is 0.227. The number of amides is 2. The second-order valence-electron chi connectivity index (χ2n) is 6.70. The fourth-order valence-electron chi connectivity index (χ4n) is 2.83. The van der Waals surface area contributed by atoms with Gasteiger partial charge in [0.15, 0.2) is 5.82 Å². The number of nitrogens with zero attached hydrogens (tertiary/aromatic N) is 3. The van der Waals surface area contributed by atoms with Crippen LogP contribution in [0.2, 0.25) is 5.02 Å². The summed E-state index contributed by atoms with van der Waals surface area (Å²) in [6.07, 6.45) is 0.197. The Balaban J connectivity index is 1.75. The molecule has 1 atom stereocenters. The molecule has 32 heavy (non-hydrogen) atoms. The van der Waals surface area contributed by atoms with Crippen molar-refractivity contribution in [3.8, 4) is 6.07 Å². The molecule has 0 aliphatic carbocycles. The number of nitriles is 1. The van der Waals surface area contributed by atoms with E-state index in [1.807, 2.05) is 18.2 Å². The fourth-order valence-corrected chi connectivity index (χ4v) is 2.96. The van der Waals surface area contributed by atoms with Crippen LogP contribution in [-0.4, -0.2) is 28.7 Å². The molecule has 2 amide bonds. The Bertz CT molecular complexity index is 1110. The lowest BCUT2D eigenvalue weighted by Gasteiger charge is -2.16. The maximum atomic E-state index is 12.6. The molecule has 0 spiro atoms. The topological polar surface area (TPSA) is 130 Å². The van der Waals surface area contributed by atoms with Crippen molar-refractivity contribution in [3.05, 3.63) is 76.4 Å². The third kappa shape index (κ3) is 6.55. The van der Waals surface area contributed by atoms with Crippen molar-refractivity contribution < 1.29 is 18.8 Å². The second kappa shape index (κ2) is 10.9. The molecular weight excluding hydrogens is 434 g/mol. The molecule has 0 aliphatic heterocycles. The highest BCUT2D eigenvalue weighted by Gasteiger charge is 2.22. The largest absolute Gasteiger partial charge is 0.466 e. The smallest absolute Gasteiger partial charge is 0.319 e. The van der Waals surface area contributed by atoms with Crippen LogP contribution in [0.15, 0.2) is 53.1 Å². The third-order valence-electron chi connectivity index (χ3n) is 4.33. The molecule has 0 radical (unpaired) electrons. The number of hydrogen-bond acceptors (Lipinski definition) is 7. The summed E-state index contributed by atoms with van der Waals surface area (Å²) in [5.41, 5.74) is 1.88.